The van der Waals surface area contributed by atoms with E-state index in [1.807, 2.05) is 11.8 Å². The second-order valence-corrected chi connectivity index (χ2v) is 5.75. The number of carbonyl (C=O) groups excluding carboxylic acids is 1. The molecule has 1 aliphatic heterocycles. The van der Waals surface area contributed by atoms with Crippen molar-refractivity contribution >= 4 is 5.91 Å². The zero-order valence-electron chi connectivity index (χ0n) is 12.4. The Kier molecular flexibility index (Phi) is 7.34. The highest BCUT2D eigenvalue weighted by Crippen LogP contribution is 2.08. The van der Waals surface area contributed by atoms with Crippen LogP contribution in [0.3, 0.4) is 0 Å². The topological polar surface area (TPSA) is 61.8 Å². The maximum atomic E-state index is 12.0. The lowest BCUT2D eigenvalue weighted by molar-refractivity contribution is -0.132. The van der Waals surface area contributed by atoms with Crippen molar-refractivity contribution in [1.29, 1.82) is 0 Å². The molecule has 0 aromatic heterocycles. The Labute approximate surface area is 116 Å². The number of ether oxygens (including phenoxy) is 1. The van der Waals surface area contributed by atoms with Crippen LogP contribution in [0.25, 0.3) is 0 Å². The number of likely N-dealkylation sites (tertiary alicyclic amines) is 1. The van der Waals surface area contributed by atoms with Crippen LogP contribution in [0.15, 0.2) is 0 Å². The summed E-state index contributed by atoms with van der Waals surface area (Å²) in [6.07, 6.45) is 1.64. The normalized spacial score (nSPS) is 18.9. The van der Waals surface area contributed by atoms with Crippen LogP contribution in [-0.4, -0.2) is 60.9 Å². The molecular weight excluding hydrogens is 244 g/mol. The van der Waals surface area contributed by atoms with E-state index in [2.05, 4.69) is 19.2 Å². The predicted molar refractivity (Wildman–Crippen MR) is 74.9 cm³/mol. The maximum Gasteiger partial charge on any atom is 0.239 e. The van der Waals surface area contributed by atoms with E-state index in [9.17, 15) is 9.90 Å². The summed E-state index contributed by atoms with van der Waals surface area (Å²) < 4.78 is 5.36. The first-order valence-corrected chi connectivity index (χ1v) is 7.28. The number of hydrogen-bond acceptors (Lipinski definition) is 4. The van der Waals surface area contributed by atoms with E-state index in [1.165, 1.54) is 0 Å². The van der Waals surface area contributed by atoms with Gasteiger partial charge in [-0.05, 0) is 25.7 Å². The number of nitrogens with zero attached hydrogens (tertiary/aromatic N) is 1. The first-order valence-electron chi connectivity index (χ1n) is 7.28. The summed E-state index contributed by atoms with van der Waals surface area (Å²) in [6.45, 7) is 9.08. The highest BCUT2D eigenvalue weighted by atomic mass is 16.5. The number of hydrogen-bond donors (Lipinski definition) is 2. The molecule has 0 spiro atoms. The van der Waals surface area contributed by atoms with E-state index in [0.29, 0.717) is 25.7 Å². The van der Waals surface area contributed by atoms with Gasteiger partial charge < -0.3 is 20.1 Å². The molecule has 19 heavy (non-hydrogen) atoms. The highest BCUT2D eigenvalue weighted by Gasteiger charge is 2.23. The molecule has 1 rings (SSSR count). The van der Waals surface area contributed by atoms with Gasteiger partial charge in [-0.3, -0.25) is 4.79 Å². The fourth-order valence-corrected chi connectivity index (χ4v) is 2.11. The molecule has 0 saturated carbocycles. The third kappa shape index (κ3) is 6.36. The van der Waals surface area contributed by atoms with Crippen molar-refractivity contribution in [3.63, 3.8) is 0 Å². The van der Waals surface area contributed by atoms with Crippen molar-refractivity contribution in [3.8, 4) is 0 Å². The van der Waals surface area contributed by atoms with E-state index >= 15 is 0 Å². The van der Waals surface area contributed by atoms with Gasteiger partial charge in [0, 0.05) is 26.2 Å². The van der Waals surface area contributed by atoms with Crippen LogP contribution in [0.2, 0.25) is 0 Å². The van der Waals surface area contributed by atoms with Gasteiger partial charge in [-0.2, -0.15) is 0 Å². The Bertz CT molecular complexity index is 265. The minimum atomic E-state index is -0.562. The van der Waals surface area contributed by atoms with Gasteiger partial charge in [-0.1, -0.05) is 13.8 Å². The van der Waals surface area contributed by atoms with Crippen molar-refractivity contribution < 1.29 is 14.6 Å². The molecule has 1 aliphatic rings. The monoisotopic (exact) mass is 272 g/mol. The fourth-order valence-electron chi connectivity index (χ4n) is 2.11. The van der Waals surface area contributed by atoms with Gasteiger partial charge in [-0.25, -0.2) is 0 Å². The van der Waals surface area contributed by atoms with E-state index in [-0.39, 0.29) is 11.9 Å². The molecule has 0 aliphatic carbocycles. The van der Waals surface area contributed by atoms with Gasteiger partial charge in [-0.15, -0.1) is 0 Å². The van der Waals surface area contributed by atoms with Crippen LogP contribution >= 0.6 is 0 Å². The SMILES string of the molecule is CC(C)COCC(O)CNC(C)C(=O)N1CCCC1. The molecule has 2 N–H and O–H groups in total. The lowest BCUT2D eigenvalue weighted by Gasteiger charge is -2.22. The van der Waals surface area contributed by atoms with Crippen LogP contribution in [0.1, 0.15) is 33.6 Å². The molecule has 112 valence electrons. The summed E-state index contributed by atoms with van der Waals surface area (Å²) in [4.78, 5) is 13.9. The second kappa shape index (κ2) is 8.51. The predicted octanol–water partition coefficient (Wildman–Crippen LogP) is 0.620. The Morgan fingerprint density at radius 3 is 2.47 bits per heavy atom. The van der Waals surface area contributed by atoms with Crippen LogP contribution in [0.5, 0.6) is 0 Å². The average Bonchev–Trinajstić information content (AvgIpc) is 2.88. The molecular formula is C14H28N2O3. The van der Waals surface area contributed by atoms with Crippen LogP contribution in [0.4, 0.5) is 0 Å². The molecule has 1 heterocycles. The zero-order valence-corrected chi connectivity index (χ0v) is 12.4. The van der Waals surface area contributed by atoms with Gasteiger partial charge in [0.15, 0.2) is 0 Å². The van der Waals surface area contributed by atoms with E-state index in [4.69, 9.17) is 4.74 Å². The van der Waals surface area contributed by atoms with E-state index < -0.39 is 6.10 Å². The van der Waals surface area contributed by atoms with E-state index in [0.717, 1.165) is 25.9 Å². The number of aliphatic hydroxyl groups is 1. The number of nitrogens with one attached hydrogen (secondary N) is 1. The van der Waals surface area contributed by atoms with E-state index in [1.54, 1.807) is 0 Å². The largest absolute Gasteiger partial charge is 0.389 e. The Hall–Kier alpha value is -0.650. The molecule has 2 atom stereocenters. The van der Waals surface area contributed by atoms with Gasteiger partial charge in [0.25, 0.3) is 0 Å². The molecule has 0 radical (unpaired) electrons. The summed E-state index contributed by atoms with van der Waals surface area (Å²) in [5.74, 6) is 0.601. The van der Waals surface area contributed by atoms with Crippen LogP contribution in [0, 0.1) is 5.92 Å². The Morgan fingerprint density at radius 1 is 1.26 bits per heavy atom. The Balaban J connectivity index is 2.14. The fraction of sp³-hybridized carbons (Fsp3) is 0.929. The van der Waals surface area contributed by atoms with Gasteiger partial charge >= 0.3 is 0 Å². The number of amides is 1. The average molecular weight is 272 g/mol. The minimum Gasteiger partial charge on any atom is -0.389 e. The molecule has 1 amide bonds. The molecule has 5 nitrogen and oxygen atoms in total. The molecule has 1 saturated heterocycles. The zero-order chi connectivity index (χ0) is 14.3. The molecule has 5 heteroatoms. The van der Waals surface area contributed by atoms with Crippen molar-refractivity contribution in [2.24, 2.45) is 5.92 Å². The summed E-state index contributed by atoms with van der Waals surface area (Å²) in [5.41, 5.74) is 0. The Morgan fingerprint density at radius 2 is 1.89 bits per heavy atom. The third-order valence-corrected chi connectivity index (χ3v) is 3.21. The summed E-state index contributed by atoms with van der Waals surface area (Å²) in [5, 5.41) is 12.8. The van der Waals surface area contributed by atoms with Crippen molar-refractivity contribution in [2.45, 2.75) is 45.8 Å². The van der Waals surface area contributed by atoms with Gasteiger partial charge in [0.1, 0.15) is 0 Å². The van der Waals surface area contributed by atoms with Gasteiger partial charge in [0.2, 0.25) is 5.91 Å². The van der Waals surface area contributed by atoms with Crippen LogP contribution in [-0.2, 0) is 9.53 Å². The van der Waals surface area contributed by atoms with Crippen molar-refractivity contribution in [2.75, 3.05) is 32.8 Å². The summed E-state index contributed by atoms with van der Waals surface area (Å²) in [7, 11) is 0. The number of carbonyl (C=O) groups is 1. The lowest BCUT2D eigenvalue weighted by atomic mass is 10.2. The number of aliphatic hydroxyl groups excluding tert-OH is 1. The molecule has 0 bridgehead atoms. The van der Waals surface area contributed by atoms with Crippen LogP contribution < -0.4 is 5.32 Å². The second-order valence-electron chi connectivity index (χ2n) is 5.75. The number of rotatable bonds is 8. The van der Waals surface area contributed by atoms with Crippen molar-refractivity contribution in [3.05, 3.63) is 0 Å². The van der Waals surface area contributed by atoms with Gasteiger partial charge in [0.05, 0.1) is 18.8 Å². The smallest absolute Gasteiger partial charge is 0.239 e. The summed E-state index contributed by atoms with van der Waals surface area (Å²) >= 11 is 0. The molecule has 0 aromatic rings. The minimum absolute atomic E-state index is 0.132. The molecule has 0 aromatic carbocycles. The first kappa shape index (κ1) is 16.4. The molecule has 2 unspecified atom stereocenters. The highest BCUT2D eigenvalue weighted by molar-refractivity contribution is 5.81. The lowest BCUT2D eigenvalue weighted by Crippen LogP contribution is -2.46. The summed E-state index contributed by atoms with van der Waals surface area (Å²) in [6, 6.07) is -0.238. The quantitative estimate of drug-likeness (QED) is 0.680. The maximum absolute atomic E-state index is 12.0. The third-order valence-electron chi connectivity index (χ3n) is 3.21. The first-order chi connectivity index (χ1) is 9.00. The molecule has 1 fully saturated rings. The van der Waals surface area contributed by atoms with Crippen molar-refractivity contribution in [1.82, 2.24) is 10.2 Å². The standard InChI is InChI=1S/C14H28N2O3/c1-11(2)9-19-10-13(17)8-15-12(3)14(18)16-6-4-5-7-16/h11-13,15,17H,4-10H2,1-3H3.